The van der Waals surface area contributed by atoms with Crippen LogP contribution in [0, 0.1) is 6.92 Å². The molecule has 0 fully saturated rings. The van der Waals surface area contributed by atoms with E-state index in [1.165, 1.54) is 5.56 Å². The number of benzene rings is 2. The van der Waals surface area contributed by atoms with Crippen LogP contribution in [0.4, 0.5) is 0 Å². The van der Waals surface area contributed by atoms with Gasteiger partial charge in [-0.2, -0.15) is 5.10 Å². The van der Waals surface area contributed by atoms with Crippen LogP contribution >= 0.6 is 0 Å². The molecule has 2 aromatic carbocycles. The number of nitrogens with zero attached hydrogens (tertiary/aromatic N) is 2. The summed E-state index contributed by atoms with van der Waals surface area (Å²) in [5.74, 6) is 1.23. The average molecular weight is 349 g/mol. The van der Waals surface area contributed by atoms with Crippen LogP contribution in [0.15, 0.2) is 48.5 Å². The molecule has 1 N–H and O–H groups in total. The first-order valence-electron chi connectivity index (χ1n) is 8.38. The smallest absolute Gasteiger partial charge is 0.272 e. The van der Waals surface area contributed by atoms with Crippen molar-refractivity contribution >= 4 is 5.91 Å². The highest BCUT2D eigenvalue weighted by Crippen LogP contribution is 2.35. The van der Waals surface area contributed by atoms with E-state index in [9.17, 15) is 4.79 Å². The molecule has 0 saturated heterocycles. The number of amides is 1. The number of aryl methyl sites for hydroxylation is 2. The van der Waals surface area contributed by atoms with Crippen molar-refractivity contribution in [2.24, 2.45) is 7.05 Å². The molecule has 0 bridgehead atoms. The molecule has 26 heavy (non-hydrogen) atoms. The van der Waals surface area contributed by atoms with Gasteiger partial charge in [0.1, 0.15) is 0 Å². The average Bonchev–Trinajstić information content (AvgIpc) is 3.26. The molecular formula is C20H19N3O3. The molecule has 0 unspecified atom stereocenters. The number of ether oxygens (including phenoxy) is 2. The third-order valence-electron chi connectivity index (χ3n) is 4.35. The van der Waals surface area contributed by atoms with E-state index in [1.807, 2.05) is 56.4 Å². The van der Waals surface area contributed by atoms with E-state index in [2.05, 4.69) is 10.4 Å². The van der Waals surface area contributed by atoms with E-state index in [0.717, 1.165) is 22.6 Å². The standard InChI is InChI=1S/C20H19N3O3/c1-13-3-5-14(6-4-13)11-21-20(24)16-10-17(23(2)22-16)15-7-8-18-19(9-15)26-12-25-18/h3-10H,11-12H2,1-2H3,(H,21,24). The number of aromatic nitrogens is 2. The van der Waals surface area contributed by atoms with E-state index in [1.54, 1.807) is 10.7 Å². The van der Waals surface area contributed by atoms with E-state index in [0.29, 0.717) is 18.0 Å². The third kappa shape index (κ3) is 3.13. The highest BCUT2D eigenvalue weighted by Gasteiger charge is 2.18. The van der Waals surface area contributed by atoms with Crippen LogP contribution in [0.5, 0.6) is 11.5 Å². The number of carbonyl (C=O) groups excluding carboxylic acids is 1. The number of carbonyl (C=O) groups is 1. The lowest BCUT2D eigenvalue weighted by atomic mass is 10.1. The largest absolute Gasteiger partial charge is 0.454 e. The monoisotopic (exact) mass is 349 g/mol. The van der Waals surface area contributed by atoms with Gasteiger partial charge < -0.3 is 14.8 Å². The van der Waals surface area contributed by atoms with Crippen LogP contribution < -0.4 is 14.8 Å². The molecule has 0 aliphatic carbocycles. The Bertz CT molecular complexity index is 961. The quantitative estimate of drug-likeness (QED) is 0.786. The summed E-state index contributed by atoms with van der Waals surface area (Å²) in [6.45, 7) is 2.74. The van der Waals surface area contributed by atoms with Gasteiger partial charge in [-0.25, -0.2) is 0 Å². The summed E-state index contributed by atoms with van der Waals surface area (Å²) in [4.78, 5) is 12.4. The molecule has 1 aliphatic heterocycles. The Labute approximate surface area is 151 Å². The molecule has 2 heterocycles. The predicted molar refractivity (Wildman–Crippen MR) is 97.1 cm³/mol. The highest BCUT2D eigenvalue weighted by atomic mass is 16.7. The Morgan fingerprint density at radius 1 is 1.12 bits per heavy atom. The second-order valence-corrected chi connectivity index (χ2v) is 6.27. The Kier molecular flexibility index (Phi) is 4.08. The molecule has 4 rings (SSSR count). The fraction of sp³-hybridized carbons (Fsp3) is 0.200. The molecule has 1 aliphatic rings. The summed E-state index contributed by atoms with van der Waals surface area (Å²) in [7, 11) is 1.82. The number of rotatable bonds is 4. The summed E-state index contributed by atoms with van der Waals surface area (Å²) in [6.07, 6.45) is 0. The Morgan fingerprint density at radius 2 is 1.88 bits per heavy atom. The normalized spacial score (nSPS) is 12.2. The molecule has 0 radical (unpaired) electrons. The van der Waals surface area contributed by atoms with Gasteiger partial charge >= 0.3 is 0 Å². The molecular weight excluding hydrogens is 330 g/mol. The fourth-order valence-corrected chi connectivity index (χ4v) is 2.88. The predicted octanol–water partition coefficient (Wildman–Crippen LogP) is 3.05. The van der Waals surface area contributed by atoms with Crippen molar-refractivity contribution < 1.29 is 14.3 Å². The Hall–Kier alpha value is -3.28. The van der Waals surface area contributed by atoms with Crippen LogP contribution in [0.3, 0.4) is 0 Å². The molecule has 6 heteroatoms. The van der Waals surface area contributed by atoms with Crippen LogP contribution in [0.2, 0.25) is 0 Å². The van der Waals surface area contributed by atoms with Crippen molar-refractivity contribution in [3.05, 3.63) is 65.4 Å². The van der Waals surface area contributed by atoms with Gasteiger partial charge in [-0.3, -0.25) is 9.48 Å². The summed E-state index contributed by atoms with van der Waals surface area (Å²) in [6, 6.07) is 15.5. The molecule has 3 aromatic rings. The molecule has 132 valence electrons. The zero-order chi connectivity index (χ0) is 18.1. The summed E-state index contributed by atoms with van der Waals surface area (Å²) >= 11 is 0. The first-order valence-corrected chi connectivity index (χ1v) is 8.38. The number of fused-ring (bicyclic) bond motifs is 1. The highest BCUT2D eigenvalue weighted by molar-refractivity contribution is 5.93. The second kappa shape index (κ2) is 6.55. The summed E-state index contributed by atoms with van der Waals surface area (Å²) in [5.41, 5.74) is 4.38. The van der Waals surface area contributed by atoms with Crippen molar-refractivity contribution in [3.63, 3.8) is 0 Å². The topological polar surface area (TPSA) is 65.4 Å². The lowest BCUT2D eigenvalue weighted by molar-refractivity contribution is 0.0945. The van der Waals surface area contributed by atoms with Crippen LogP contribution in [0.1, 0.15) is 21.6 Å². The van der Waals surface area contributed by atoms with E-state index in [4.69, 9.17) is 9.47 Å². The molecule has 0 saturated carbocycles. The van der Waals surface area contributed by atoms with E-state index >= 15 is 0 Å². The van der Waals surface area contributed by atoms with Gasteiger partial charge in [0.15, 0.2) is 17.2 Å². The Balaban J connectivity index is 1.50. The van der Waals surface area contributed by atoms with Gasteiger partial charge in [-0.15, -0.1) is 0 Å². The minimum atomic E-state index is -0.201. The van der Waals surface area contributed by atoms with Crippen LogP contribution in [-0.2, 0) is 13.6 Å². The van der Waals surface area contributed by atoms with Gasteiger partial charge in [0, 0.05) is 19.2 Å². The fourth-order valence-electron chi connectivity index (χ4n) is 2.88. The summed E-state index contributed by atoms with van der Waals surface area (Å²) in [5, 5.41) is 7.25. The van der Waals surface area contributed by atoms with Crippen molar-refractivity contribution in [3.8, 4) is 22.8 Å². The third-order valence-corrected chi connectivity index (χ3v) is 4.35. The molecule has 0 spiro atoms. The van der Waals surface area contributed by atoms with Gasteiger partial charge in [-0.05, 0) is 36.8 Å². The maximum Gasteiger partial charge on any atom is 0.272 e. The number of hydrogen-bond donors (Lipinski definition) is 1. The van der Waals surface area contributed by atoms with E-state index < -0.39 is 0 Å². The maximum absolute atomic E-state index is 12.4. The second-order valence-electron chi connectivity index (χ2n) is 6.27. The number of hydrogen-bond acceptors (Lipinski definition) is 4. The van der Waals surface area contributed by atoms with Crippen molar-refractivity contribution in [2.45, 2.75) is 13.5 Å². The van der Waals surface area contributed by atoms with E-state index in [-0.39, 0.29) is 12.7 Å². The van der Waals surface area contributed by atoms with Gasteiger partial charge in [0.2, 0.25) is 6.79 Å². The van der Waals surface area contributed by atoms with Gasteiger partial charge in [0.25, 0.3) is 5.91 Å². The molecule has 1 aromatic heterocycles. The molecule has 1 amide bonds. The lowest BCUT2D eigenvalue weighted by Crippen LogP contribution is -2.23. The van der Waals surface area contributed by atoms with Crippen molar-refractivity contribution in [2.75, 3.05) is 6.79 Å². The maximum atomic E-state index is 12.4. The zero-order valence-corrected chi connectivity index (χ0v) is 14.7. The first-order chi connectivity index (χ1) is 12.6. The van der Waals surface area contributed by atoms with Gasteiger partial charge in [0.05, 0.1) is 5.69 Å². The first kappa shape index (κ1) is 16.2. The number of nitrogens with one attached hydrogen (secondary N) is 1. The van der Waals surface area contributed by atoms with Gasteiger partial charge in [-0.1, -0.05) is 29.8 Å². The minimum absolute atomic E-state index is 0.201. The van der Waals surface area contributed by atoms with Crippen molar-refractivity contribution in [1.82, 2.24) is 15.1 Å². The molecule has 6 nitrogen and oxygen atoms in total. The molecule has 0 atom stereocenters. The summed E-state index contributed by atoms with van der Waals surface area (Å²) < 4.78 is 12.4. The Morgan fingerprint density at radius 3 is 2.69 bits per heavy atom. The van der Waals surface area contributed by atoms with Crippen molar-refractivity contribution in [1.29, 1.82) is 0 Å². The lowest BCUT2D eigenvalue weighted by Gasteiger charge is -2.03. The van der Waals surface area contributed by atoms with Crippen LogP contribution in [-0.4, -0.2) is 22.5 Å². The minimum Gasteiger partial charge on any atom is -0.454 e. The zero-order valence-electron chi connectivity index (χ0n) is 14.7. The van der Waals surface area contributed by atoms with Crippen LogP contribution in [0.25, 0.3) is 11.3 Å². The SMILES string of the molecule is Cc1ccc(CNC(=O)c2cc(-c3ccc4c(c3)OCO4)n(C)n2)cc1.